The molecule has 0 unspecified atom stereocenters. The first-order valence-electron chi connectivity index (χ1n) is 8.25. The molecule has 0 radical (unpaired) electrons. The molecule has 1 saturated heterocycles. The van der Waals surface area contributed by atoms with Gasteiger partial charge in [0.25, 0.3) is 0 Å². The molecule has 3 rings (SSSR count). The van der Waals surface area contributed by atoms with Gasteiger partial charge in [-0.1, -0.05) is 12.1 Å². The van der Waals surface area contributed by atoms with Crippen LogP contribution in [-0.4, -0.2) is 60.1 Å². The van der Waals surface area contributed by atoms with Crippen LogP contribution in [0.4, 0.5) is 4.39 Å². The molecule has 4 nitrogen and oxygen atoms in total. The van der Waals surface area contributed by atoms with E-state index in [1.54, 1.807) is 13.0 Å². The zero-order valence-corrected chi connectivity index (χ0v) is 13.9. The van der Waals surface area contributed by atoms with Crippen LogP contribution in [0.15, 0.2) is 24.3 Å². The van der Waals surface area contributed by atoms with Crippen LogP contribution in [-0.2, 0) is 4.79 Å². The summed E-state index contributed by atoms with van der Waals surface area (Å²) in [5, 5.41) is 4.71. The van der Waals surface area contributed by atoms with E-state index in [2.05, 4.69) is 16.1 Å². The van der Waals surface area contributed by atoms with Crippen LogP contribution in [0, 0.1) is 12.7 Å². The van der Waals surface area contributed by atoms with Gasteiger partial charge in [0.2, 0.25) is 5.91 Å². The number of hydrogen-bond acceptors (Lipinski definition) is 3. The molecule has 0 spiro atoms. The Labute approximate surface area is 137 Å². The number of halogens is 1. The van der Waals surface area contributed by atoms with Crippen molar-refractivity contribution in [3.8, 4) is 0 Å². The fraction of sp³-hybridized carbons (Fsp3) is 0.500. The van der Waals surface area contributed by atoms with E-state index in [0.717, 1.165) is 51.3 Å². The van der Waals surface area contributed by atoms with Crippen molar-refractivity contribution in [2.75, 3.05) is 39.3 Å². The molecule has 0 saturated carbocycles. The van der Waals surface area contributed by atoms with Gasteiger partial charge in [-0.15, -0.1) is 0 Å². The first-order chi connectivity index (χ1) is 11.0. The van der Waals surface area contributed by atoms with Crippen molar-refractivity contribution in [1.29, 1.82) is 0 Å². The third kappa shape index (κ3) is 3.62. The maximum atomic E-state index is 13.4. The number of aryl methyl sites for hydroxylation is 1. The smallest absolute Gasteiger partial charge is 0.219 e. The van der Waals surface area contributed by atoms with Gasteiger partial charge in [0.05, 0.1) is 0 Å². The van der Waals surface area contributed by atoms with E-state index in [1.807, 2.05) is 24.0 Å². The van der Waals surface area contributed by atoms with Crippen molar-refractivity contribution in [3.63, 3.8) is 0 Å². The maximum absolute atomic E-state index is 13.4. The lowest BCUT2D eigenvalue weighted by Crippen LogP contribution is -2.55. The minimum atomic E-state index is -0.143. The highest BCUT2D eigenvalue weighted by Crippen LogP contribution is 2.25. The van der Waals surface area contributed by atoms with Crippen molar-refractivity contribution in [2.24, 2.45) is 0 Å². The SMILES string of the molecule is CC(=O)N1CCN(N2CC=C(c3ccc(F)c(C)c3)CC2)CC1. The molecule has 5 heteroatoms. The van der Waals surface area contributed by atoms with Gasteiger partial charge >= 0.3 is 0 Å². The molecule has 0 atom stereocenters. The van der Waals surface area contributed by atoms with Gasteiger partial charge in [0.1, 0.15) is 5.82 Å². The van der Waals surface area contributed by atoms with E-state index in [9.17, 15) is 9.18 Å². The van der Waals surface area contributed by atoms with Gasteiger partial charge in [-0.2, -0.15) is 0 Å². The summed E-state index contributed by atoms with van der Waals surface area (Å²) in [6.45, 7) is 8.71. The summed E-state index contributed by atoms with van der Waals surface area (Å²) in [6, 6.07) is 5.36. The molecule has 2 aliphatic rings. The lowest BCUT2D eigenvalue weighted by molar-refractivity contribution is -0.134. The standard InChI is InChI=1S/C18H24FN3O/c1-14-13-17(3-4-18(14)19)16-5-7-21(8-6-16)22-11-9-20(10-12-22)15(2)23/h3-5,13H,6-12H2,1-2H3. The number of amides is 1. The summed E-state index contributed by atoms with van der Waals surface area (Å²) in [7, 11) is 0. The fourth-order valence-electron chi connectivity index (χ4n) is 3.32. The normalized spacial score (nSPS) is 20.5. The molecule has 23 heavy (non-hydrogen) atoms. The first-order valence-corrected chi connectivity index (χ1v) is 8.25. The number of hydrogen-bond donors (Lipinski definition) is 0. The van der Waals surface area contributed by atoms with Gasteiger partial charge in [0, 0.05) is 46.2 Å². The zero-order valence-electron chi connectivity index (χ0n) is 13.9. The van der Waals surface area contributed by atoms with Crippen molar-refractivity contribution >= 4 is 11.5 Å². The number of piperazine rings is 1. The average molecular weight is 317 g/mol. The number of carbonyl (C=O) groups is 1. The predicted octanol–water partition coefficient (Wildman–Crippen LogP) is 2.30. The monoisotopic (exact) mass is 317 g/mol. The van der Waals surface area contributed by atoms with Crippen LogP contribution in [0.2, 0.25) is 0 Å². The highest BCUT2D eigenvalue weighted by atomic mass is 19.1. The lowest BCUT2D eigenvalue weighted by atomic mass is 9.98. The van der Waals surface area contributed by atoms with E-state index in [0.29, 0.717) is 5.56 Å². The summed E-state index contributed by atoms with van der Waals surface area (Å²) in [5.41, 5.74) is 3.13. The molecule has 2 aliphatic heterocycles. The van der Waals surface area contributed by atoms with Gasteiger partial charge in [-0.25, -0.2) is 14.4 Å². The van der Waals surface area contributed by atoms with Crippen LogP contribution in [0.5, 0.6) is 0 Å². The molecule has 0 N–H and O–H groups in total. The second kappa shape index (κ2) is 6.81. The summed E-state index contributed by atoms with van der Waals surface area (Å²) in [6.07, 6.45) is 3.21. The largest absolute Gasteiger partial charge is 0.340 e. The molecule has 1 fully saturated rings. The molecule has 124 valence electrons. The summed E-state index contributed by atoms with van der Waals surface area (Å²) in [4.78, 5) is 13.3. The third-order valence-corrected chi connectivity index (χ3v) is 4.82. The Morgan fingerprint density at radius 2 is 1.83 bits per heavy atom. The molecule has 0 aliphatic carbocycles. The quantitative estimate of drug-likeness (QED) is 0.837. The highest BCUT2D eigenvalue weighted by Gasteiger charge is 2.24. The van der Waals surface area contributed by atoms with E-state index >= 15 is 0 Å². The minimum Gasteiger partial charge on any atom is -0.340 e. The Balaban J connectivity index is 1.60. The van der Waals surface area contributed by atoms with E-state index in [-0.39, 0.29) is 11.7 Å². The topological polar surface area (TPSA) is 26.8 Å². The minimum absolute atomic E-state index is 0.143. The zero-order chi connectivity index (χ0) is 16.4. The van der Waals surface area contributed by atoms with Crippen LogP contribution in [0.3, 0.4) is 0 Å². The molecule has 2 heterocycles. The number of benzene rings is 1. The molecule has 0 aromatic heterocycles. The average Bonchev–Trinajstić information content (AvgIpc) is 2.57. The Morgan fingerprint density at radius 1 is 1.09 bits per heavy atom. The van der Waals surface area contributed by atoms with Crippen molar-refractivity contribution in [2.45, 2.75) is 20.3 Å². The second-order valence-electron chi connectivity index (χ2n) is 6.32. The van der Waals surface area contributed by atoms with Crippen molar-refractivity contribution in [3.05, 3.63) is 41.2 Å². The number of nitrogens with zero attached hydrogens (tertiary/aromatic N) is 3. The first kappa shape index (κ1) is 16.1. The van der Waals surface area contributed by atoms with Crippen molar-refractivity contribution in [1.82, 2.24) is 14.9 Å². The summed E-state index contributed by atoms with van der Waals surface area (Å²) in [5.74, 6) is 0.0206. The molecular weight excluding hydrogens is 293 g/mol. The molecular formula is C18H24FN3O. The Bertz CT molecular complexity index is 621. The highest BCUT2D eigenvalue weighted by molar-refractivity contribution is 5.73. The van der Waals surface area contributed by atoms with Gasteiger partial charge in [0.15, 0.2) is 0 Å². The molecule has 1 amide bonds. The summed E-state index contributed by atoms with van der Waals surface area (Å²) < 4.78 is 13.4. The maximum Gasteiger partial charge on any atom is 0.219 e. The van der Waals surface area contributed by atoms with Gasteiger partial charge < -0.3 is 4.90 Å². The fourth-order valence-corrected chi connectivity index (χ4v) is 3.32. The number of carbonyl (C=O) groups excluding carboxylic acids is 1. The van der Waals surface area contributed by atoms with Crippen LogP contribution in [0.25, 0.3) is 5.57 Å². The number of rotatable bonds is 2. The predicted molar refractivity (Wildman–Crippen MR) is 89.1 cm³/mol. The van der Waals surface area contributed by atoms with Gasteiger partial charge in [-0.05, 0) is 42.2 Å². The van der Waals surface area contributed by atoms with Crippen LogP contribution >= 0.6 is 0 Å². The Hall–Kier alpha value is -1.72. The lowest BCUT2D eigenvalue weighted by Gasteiger charge is -2.42. The van der Waals surface area contributed by atoms with E-state index in [1.165, 1.54) is 5.57 Å². The Morgan fingerprint density at radius 3 is 2.39 bits per heavy atom. The van der Waals surface area contributed by atoms with Gasteiger partial charge in [-0.3, -0.25) is 4.79 Å². The second-order valence-corrected chi connectivity index (χ2v) is 6.32. The van der Waals surface area contributed by atoms with Crippen molar-refractivity contribution < 1.29 is 9.18 Å². The van der Waals surface area contributed by atoms with E-state index in [4.69, 9.17) is 0 Å². The van der Waals surface area contributed by atoms with Crippen LogP contribution in [0.1, 0.15) is 24.5 Å². The molecule has 1 aromatic carbocycles. The third-order valence-electron chi connectivity index (χ3n) is 4.82. The molecule has 0 bridgehead atoms. The summed E-state index contributed by atoms with van der Waals surface area (Å²) >= 11 is 0. The van der Waals surface area contributed by atoms with Crippen LogP contribution < -0.4 is 0 Å². The number of hydrazine groups is 1. The molecule has 1 aromatic rings. The Kier molecular flexibility index (Phi) is 4.78. The van der Waals surface area contributed by atoms with E-state index < -0.39 is 0 Å².